The molecule has 108 valence electrons. The summed E-state index contributed by atoms with van der Waals surface area (Å²) in [6.45, 7) is 2.41. The molecule has 2 atom stereocenters. The molecule has 19 heavy (non-hydrogen) atoms. The van der Waals surface area contributed by atoms with Gasteiger partial charge in [0.25, 0.3) is 5.91 Å². The van der Waals surface area contributed by atoms with Gasteiger partial charge in [0.15, 0.2) is 0 Å². The number of amides is 1. The zero-order valence-electron chi connectivity index (χ0n) is 11.1. The number of rotatable bonds is 6. The van der Waals surface area contributed by atoms with Crippen LogP contribution in [0.1, 0.15) is 22.8 Å². The molecule has 0 saturated carbocycles. The van der Waals surface area contributed by atoms with Crippen LogP contribution in [0, 0.1) is 0 Å². The molecule has 2 unspecified atom stereocenters. The lowest BCUT2D eigenvalue weighted by Gasteiger charge is -2.21. The third-order valence-electron chi connectivity index (χ3n) is 2.85. The highest BCUT2D eigenvalue weighted by Gasteiger charge is 2.17. The summed E-state index contributed by atoms with van der Waals surface area (Å²) in [6.07, 6.45) is 1.92. The van der Waals surface area contributed by atoms with Gasteiger partial charge < -0.3 is 16.2 Å². The number of nitrogens with two attached hydrogens (primary N) is 1. The van der Waals surface area contributed by atoms with E-state index in [0.717, 1.165) is 5.56 Å². The van der Waals surface area contributed by atoms with Crippen molar-refractivity contribution in [1.29, 1.82) is 0 Å². The van der Waals surface area contributed by atoms with Gasteiger partial charge in [0.1, 0.15) is 0 Å². The van der Waals surface area contributed by atoms with E-state index in [9.17, 15) is 4.79 Å². The van der Waals surface area contributed by atoms with E-state index in [1.807, 2.05) is 25.3 Å². The molecular formula is C13H21ClN2O2S. The van der Waals surface area contributed by atoms with Crippen molar-refractivity contribution in [1.82, 2.24) is 5.32 Å². The summed E-state index contributed by atoms with van der Waals surface area (Å²) in [6, 6.07) is 7.14. The number of benzene rings is 1. The van der Waals surface area contributed by atoms with Crippen LogP contribution in [-0.4, -0.2) is 35.2 Å². The van der Waals surface area contributed by atoms with Gasteiger partial charge in [-0.05, 0) is 30.9 Å². The maximum absolute atomic E-state index is 12.0. The Hall–Kier alpha value is -0.750. The number of carbonyl (C=O) groups excluding carboxylic acids is 1. The molecule has 1 aromatic rings. The number of thioether (sulfide) groups is 1. The van der Waals surface area contributed by atoms with Crippen LogP contribution in [0.15, 0.2) is 24.3 Å². The fourth-order valence-corrected chi connectivity index (χ4v) is 2.24. The van der Waals surface area contributed by atoms with Gasteiger partial charge >= 0.3 is 0 Å². The molecule has 4 N–H and O–H groups in total. The molecule has 4 nitrogen and oxygen atoms in total. The summed E-state index contributed by atoms with van der Waals surface area (Å²) in [5, 5.41) is 12.1. The minimum Gasteiger partial charge on any atom is -0.395 e. The molecule has 0 aliphatic rings. The molecule has 1 amide bonds. The summed E-state index contributed by atoms with van der Waals surface area (Å²) >= 11 is 1.54. The van der Waals surface area contributed by atoms with Gasteiger partial charge in [0.05, 0.1) is 6.61 Å². The minimum absolute atomic E-state index is 0. The Morgan fingerprint density at radius 3 is 2.42 bits per heavy atom. The smallest absolute Gasteiger partial charge is 0.251 e. The standard InChI is InChI=1S/C13H20N2O2S.ClH/c1-9(12(8-16)18-2)15-13(17)11-5-3-10(7-14)4-6-11;/h3-6,9,12,16H,7-8,14H2,1-2H3,(H,15,17);1H. The number of aliphatic hydroxyl groups is 1. The molecule has 0 saturated heterocycles. The van der Waals surface area contributed by atoms with Crippen molar-refractivity contribution in [3.8, 4) is 0 Å². The van der Waals surface area contributed by atoms with Crippen LogP contribution in [0.25, 0.3) is 0 Å². The van der Waals surface area contributed by atoms with E-state index in [1.165, 1.54) is 0 Å². The van der Waals surface area contributed by atoms with Gasteiger partial charge in [0, 0.05) is 23.4 Å². The number of carbonyl (C=O) groups is 1. The molecule has 6 heteroatoms. The number of aliphatic hydroxyl groups excluding tert-OH is 1. The quantitative estimate of drug-likeness (QED) is 0.743. The summed E-state index contributed by atoms with van der Waals surface area (Å²) in [4.78, 5) is 12.0. The van der Waals surface area contributed by atoms with E-state index in [1.54, 1.807) is 23.9 Å². The summed E-state index contributed by atoms with van der Waals surface area (Å²) in [5.74, 6) is -0.126. The predicted octanol–water partition coefficient (Wildman–Crippen LogP) is 1.41. The second kappa shape index (κ2) is 9.20. The van der Waals surface area contributed by atoms with E-state index in [4.69, 9.17) is 10.8 Å². The monoisotopic (exact) mass is 304 g/mol. The van der Waals surface area contributed by atoms with Crippen LogP contribution in [0.3, 0.4) is 0 Å². The normalized spacial score (nSPS) is 13.3. The number of nitrogens with one attached hydrogen (secondary N) is 1. The number of halogens is 1. The van der Waals surface area contributed by atoms with Gasteiger partial charge in [-0.1, -0.05) is 12.1 Å². The molecule has 0 spiro atoms. The van der Waals surface area contributed by atoms with Crippen molar-refractivity contribution in [2.24, 2.45) is 5.73 Å². The average molecular weight is 305 g/mol. The molecule has 1 rings (SSSR count). The van der Waals surface area contributed by atoms with Crippen molar-refractivity contribution in [2.75, 3.05) is 12.9 Å². The van der Waals surface area contributed by atoms with Gasteiger partial charge in [0.2, 0.25) is 0 Å². The van der Waals surface area contributed by atoms with Gasteiger partial charge in [-0.2, -0.15) is 11.8 Å². The zero-order valence-corrected chi connectivity index (χ0v) is 12.8. The predicted molar refractivity (Wildman–Crippen MR) is 82.9 cm³/mol. The van der Waals surface area contributed by atoms with Crippen molar-refractivity contribution < 1.29 is 9.90 Å². The van der Waals surface area contributed by atoms with Gasteiger partial charge in [-0.3, -0.25) is 4.79 Å². The maximum Gasteiger partial charge on any atom is 0.251 e. The highest BCUT2D eigenvalue weighted by molar-refractivity contribution is 7.99. The van der Waals surface area contributed by atoms with Crippen molar-refractivity contribution in [3.63, 3.8) is 0 Å². The largest absolute Gasteiger partial charge is 0.395 e. The van der Waals surface area contributed by atoms with Crippen LogP contribution in [0.4, 0.5) is 0 Å². The first-order valence-electron chi connectivity index (χ1n) is 5.86. The maximum atomic E-state index is 12.0. The van der Waals surface area contributed by atoms with Crippen LogP contribution < -0.4 is 11.1 Å². The molecule has 0 aromatic heterocycles. The van der Waals surface area contributed by atoms with Gasteiger partial charge in [-0.15, -0.1) is 12.4 Å². The first-order chi connectivity index (χ1) is 8.62. The minimum atomic E-state index is -0.126. The average Bonchev–Trinajstić information content (AvgIpc) is 2.40. The highest BCUT2D eigenvalue weighted by atomic mass is 35.5. The number of hydrogen-bond donors (Lipinski definition) is 3. The van der Waals surface area contributed by atoms with Crippen LogP contribution in [-0.2, 0) is 6.54 Å². The second-order valence-corrected chi connectivity index (χ2v) is 5.20. The van der Waals surface area contributed by atoms with Crippen molar-refractivity contribution >= 4 is 30.1 Å². The molecule has 0 radical (unpaired) electrons. The zero-order chi connectivity index (χ0) is 13.5. The Kier molecular flexibility index (Phi) is 8.84. The van der Waals surface area contributed by atoms with Crippen LogP contribution in [0.2, 0.25) is 0 Å². The Morgan fingerprint density at radius 1 is 1.42 bits per heavy atom. The molecule has 0 heterocycles. The Labute approximate surface area is 124 Å². The highest BCUT2D eigenvalue weighted by Crippen LogP contribution is 2.11. The summed E-state index contributed by atoms with van der Waals surface area (Å²) < 4.78 is 0. The van der Waals surface area contributed by atoms with E-state index in [0.29, 0.717) is 12.1 Å². The second-order valence-electron chi connectivity index (χ2n) is 4.12. The van der Waals surface area contributed by atoms with E-state index in [2.05, 4.69) is 5.32 Å². The molecular weight excluding hydrogens is 284 g/mol. The topological polar surface area (TPSA) is 75.3 Å². The summed E-state index contributed by atoms with van der Waals surface area (Å²) in [7, 11) is 0. The lowest BCUT2D eigenvalue weighted by molar-refractivity contribution is 0.0936. The number of hydrogen-bond acceptors (Lipinski definition) is 4. The first kappa shape index (κ1) is 18.2. The molecule has 0 fully saturated rings. The fourth-order valence-electron chi connectivity index (χ4n) is 1.61. The molecule has 0 aliphatic heterocycles. The lowest BCUT2D eigenvalue weighted by Crippen LogP contribution is -2.41. The molecule has 0 aliphatic carbocycles. The SMILES string of the molecule is CSC(CO)C(C)NC(=O)c1ccc(CN)cc1.Cl. The van der Waals surface area contributed by atoms with E-state index in [-0.39, 0.29) is 36.2 Å². The lowest BCUT2D eigenvalue weighted by atomic mass is 10.1. The van der Waals surface area contributed by atoms with Crippen LogP contribution in [0.5, 0.6) is 0 Å². The Morgan fingerprint density at radius 2 is 2.00 bits per heavy atom. The molecule has 1 aromatic carbocycles. The van der Waals surface area contributed by atoms with Crippen molar-refractivity contribution in [3.05, 3.63) is 35.4 Å². The van der Waals surface area contributed by atoms with Gasteiger partial charge in [-0.25, -0.2) is 0 Å². The Bertz CT molecular complexity index is 383. The first-order valence-corrected chi connectivity index (χ1v) is 7.14. The molecule has 0 bridgehead atoms. The summed E-state index contributed by atoms with van der Waals surface area (Å²) in [5.41, 5.74) is 7.11. The Balaban J connectivity index is 0.00000324. The van der Waals surface area contributed by atoms with E-state index >= 15 is 0 Å². The third kappa shape index (κ3) is 5.40. The third-order valence-corrected chi connectivity index (χ3v) is 4.01. The van der Waals surface area contributed by atoms with Crippen LogP contribution >= 0.6 is 24.2 Å². The van der Waals surface area contributed by atoms with E-state index < -0.39 is 0 Å². The van der Waals surface area contributed by atoms with Crippen molar-refractivity contribution in [2.45, 2.75) is 24.8 Å². The fraction of sp³-hybridized carbons (Fsp3) is 0.462.